The minimum Gasteiger partial charge on any atom is -0.347 e. The number of hydrogen-bond donors (Lipinski definition) is 1. The summed E-state index contributed by atoms with van der Waals surface area (Å²) < 4.78 is 1.42. The van der Waals surface area contributed by atoms with Crippen LogP contribution in [-0.4, -0.2) is 69.5 Å². The zero-order chi connectivity index (χ0) is 23.4. The van der Waals surface area contributed by atoms with Crippen LogP contribution in [0.2, 0.25) is 0 Å². The van der Waals surface area contributed by atoms with Gasteiger partial charge in [-0.1, -0.05) is 18.2 Å². The molecule has 2 heterocycles. The maximum absolute atomic E-state index is 12.6. The highest BCUT2D eigenvalue weighted by Crippen LogP contribution is 2.16. The number of nitro benzene ring substituents is 1. The largest absolute Gasteiger partial charge is 0.347 e. The first kappa shape index (κ1) is 22.2. The Bertz CT molecular complexity index is 1170. The van der Waals surface area contributed by atoms with Crippen LogP contribution in [0.1, 0.15) is 26.4 Å². The number of nitrogens with one attached hydrogen (secondary N) is 1. The molecule has 0 spiro atoms. The molecular weight excluding hydrogens is 424 g/mol. The van der Waals surface area contributed by atoms with Gasteiger partial charge in [-0.2, -0.15) is 5.10 Å². The molecule has 4 rings (SSSR count). The van der Waals surface area contributed by atoms with Gasteiger partial charge in [0, 0.05) is 56.6 Å². The van der Waals surface area contributed by atoms with E-state index in [1.54, 1.807) is 36.5 Å². The molecule has 10 nitrogen and oxygen atoms in total. The Balaban J connectivity index is 1.34. The summed E-state index contributed by atoms with van der Waals surface area (Å²) >= 11 is 0. The van der Waals surface area contributed by atoms with E-state index < -0.39 is 4.92 Å². The Hall–Kier alpha value is -4.05. The molecule has 3 aromatic rings. The van der Waals surface area contributed by atoms with E-state index in [2.05, 4.69) is 15.3 Å². The van der Waals surface area contributed by atoms with Gasteiger partial charge in [-0.25, -0.2) is 4.68 Å². The minimum absolute atomic E-state index is 0.0189. The number of aromatic nitrogens is 2. The van der Waals surface area contributed by atoms with Gasteiger partial charge in [-0.3, -0.25) is 19.7 Å². The Morgan fingerprint density at radius 2 is 1.79 bits per heavy atom. The Labute approximate surface area is 190 Å². The first-order valence-corrected chi connectivity index (χ1v) is 10.6. The highest BCUT2D eigenvalue weighted by molar-refractivity contribution is 5.94. The van der Waals surface area contributed by atoms with Crippen molar-refractivity contribution in [2.45, 2.75) is 6.54 Å². The third kappa shape index (κ3) is 5.24. The average molecular weight is 448 g/mol. The summed E-state index contributed by atoms with van der Waals surface area (Å²) in [6.07, 6.45) is 1.58. The van der Waals surface area contributed by atoms with Crippen molar-refractivity contribution < 1.29 is 14.5 Å². The third-order valence-corrected chi connectivity index (χ3v) is 5.57. The van der Waals surface area contributed by atoms with Crippen LogP contribution >= 0.6 is 0 Å². The fourth-order valence-corrected chi connectivity index (χ4v) is 3.57. The molecule has 1 N–H and O–H groups in total. The molecule has 0 bridgehead atoms. The first-order valence-electron chi connectivity index (χ1n) is 10.6. The van der Waals surface area contributed by atoms with Crippen molar-refractivity contribution in [2.75, 3.05) is 33.2 Å². The van der Waals surface area contributed by atoms with Gasteiger partial charge < -0.3 is 15.1 Å². The summed E-state index contributed by atoms with van der Waals surface area (Å²) in [6.45, 7) is 3.46. The SMILES string of the molecule is CN1CCN(C(=O)c2ccc(CNC(=O)c3ccn(-c4cccc([N+](=O)[O-])c4)n3)cc2)CC1. The van der Waals surface area contributed by atoms with Crippen LogP contribution in [0.3, 0.4) is 0 Å². The van der Waals surface area contributed by atoms with E-state index in [1.165, 1.54) is 16.8 Å². The lowest BCUT2D eigenvalue weighted by atomic mass is 10.1. The van der Waals surface area contributed by atoms with Crippen molar-refractivity contribution in [3.63, 3.8) is 0 Å². The molecule has 1 fully saturated rings. The number of carbonyl (C=O) groups excluding carboxylic acids is 2. The summed E-state index contributed by atoms with van der Waals surface area (Å²) in [4.78, 5) is 39.7. The lowest BCUT2D eigenvalue weighted by Gasteiger charge is -2.32. The van der Waals surface area contributed by atoms with Gasteiger partial charge in [-0.05, 0) is 36.9 Å². The predicted molar refractivity (Wildman–Crippen MR) is 121 cm³/mol. The number of likely N-dealkylation sites (N-methyl/N-ethyl adjacent to an activating group) is 1. The highest BCUT2D eigenvalue weighted by Gasteiger charge is 2.20. The van der Waals surface area contributed by atoms with Crippen molar-refractivity contribution >= 4 is 17.5 Å². The van der Waals surface area contributed by atoms with Gasteiger partial charge in [0.1, 0.15) is 0 Å². The number of rotatable bonds is 6. The van der Waals surface area contributed by atoms with Crippen LogP contribution in [0, 0.1) is 10.1 Å². The van der Waals surface area contributed by atoms with E-state index in [4.69, 9.17) is 0 Å². The first-order chi connectivity index (χ1) is 15.9. The van der Waals surface area contributed by atoms with Crippen LogP contribution in [0.25, 0.3) is 5.69 Å². The Morgan fingerprint density at radius 3 is 2.48 bits per heavy atom. The van der Waals surface area contributed by atoms with Crippen LogP contribution in [-0.2, 0) is 6.54 Å². The van der Waals surface area contributed by atoms with Gasteiger partial charge in [0.05, 0.1) is 10.6 Å². The molecule has 1 saturated heterocycles. The quantitative estimate of drug-likeness (QED) is 0.456. The second-order valence-corrected chi connectivity index (χ2v) is 7.90. The molecule has 1 aromatic heterocycles. The molecule has 0 saturated carbocycles. The van der Waals surface area contributed by atoms with Crippen LogP contribution in [0.5, 0.6) is 0 Å². The standard InChI is InChI=1S/C23H24N6O4/c1-26-11-13-27(14-12-26)23(31)18-7-5-17(6-8-18)16-24-22(30)21-9-10-28(25-21)19-3-2-4-20(15-19)29(32)33/h2-10,15H,11-14,16H2,1H3,(H,24,30). The van der Waals surface area contributed by atoms with Crippen molar-refractivity contribution in [1.82, 2.24) is 24.9 Å². The number of hydrogen-bond acceptors (Lipinski definition) is 6. The molecule has 10 heteroatoms. The number of carbonyl (C=O) groups is 2. The second kappa shape index (κ2) is 9.61. The van der Waals surface area contributed by atoms with E-state index in [9.17, 15) is 19.7 Å². The van der Waals surface area contributed by atoms with Gasteiger partial charge in [0.15, 0.2) is 5.69 Å². The molecule has 1 aliphatic rings. The van der Waals surface area contributed by atoms with E-state index in [-0.39, 0.29) is 29.7 Å². The summed E-state index contributed by atoms with van der Waals surface area (Å²) in [7, 11) is 2.04. The number of piperazine rings is 1. The highest BCUT2D eigenvalue weighted by atomic mass is 16.6. The summed E-state index contributed by atoms with van der Waals surface area (Å²) in [5, 5.41) is 18.0. The fourth-order valence-electron chi connectivity index (χ4n) is 3.57. The van der Waals surface area contributed by atoms with Gasteiger partial charge in [0.25, 0.3) is 17.5 Å². The van der Waals surface area contributed by atoms with Crippen molar-refractivity contribution in [3.8, 4) is 5.69 Å². The zero-order valence-electron chi connectivity index (χ0n) is 18.2. The maximum atomic E-state index is 12.6. The Kier molecular flexibility index (Phi) is 6.45. The normalized spacial score (nSPS) is 14.2. The maximum Gasteiger partial charge on any atom is 0.272 e. The second-order valence-electron chi connectivity index (χ2n) is 7.90. The third-order valence-electron chi connectivity index (χ3n) is 5.57. The molecule has 1 aliphatic heterocycles. The lowest BCUT2D eigenvalue weighted by Crippen LogP contribution is -2.47. The number of amides is 2. The van der Waals surface area contributed by atoms with Gasteiger partial charge >= 0.3 is 0 Å². The van der Waals surface area contributed by atoms with Crippen LogP contribution < -0.4 is 5.32 Å². The van der Waals surface area contributed by atoms with Gasteiger partial charge in [-0.15, -0.1) is 0 Å². The van der Waals surface area contributed by atoms with Crippen LogP contribution in [0.15, 0.2) is 60.8 Å². The van der Waals surface area contributed by atoms with E-state index in [0.717, 1.165) is 31.7 Å². The molecule has 2 aromatic carbocycles. The predicted octanol–water partition coefficient (Wildman–Crippen LogP) is 2.10. The topological polar surface area (TPSA) is 114 Å². The summed E-state index contributed by atoms with van der Waals surface area (Å²) in [5.74, 6) is -0.345. The summed E-state index contributed by atoms with van der Waals surface area (Å²) in [5.41, 5.74) is 2.12. The van der Waals surface area contributed by atoms with Crippen molar-refractivity contribution in [1.29, 1.82) is 0 Å². The summed E-state index contributed by atoms with van der Waals surface area (Å²) in [6, 6.07) is 14.8. The Morgan fingerprint density at radius 1 is 1.06 bits per heavy atom. The molecular formula is C23H24N6O4. The number of nitrogens with zero attached hydrogens (tertiary/aromatic N) is 5. The fraction of sp³-hybridized carbons (Fsp3) is 0.261. The average Bonchev–Trinajstić information content (AvgIpc) is 3.33. The minimum atomic E-state index is -0.482. The number of benzene rings is 2. The van der Waals surface area contributed by atoms with Gasteiger partial charge in [0.2, 0.25) is 0 Å². The monoisotopic (exact) mass is 448 g/mol. The van der Waals surface area contributed by atoms with Crippen molar-refractivity contribution in [2.24, 2.45) is 0 Å². The molecule has 0 aliphatic carbocycles. The molecule has 0 atom stereocenters. The molecule has 33 heavy (non-hydrogen) atoms. The van der Waals surface area contributed by atoms with E-state index in [1.807, 2.05) is 24.1 Å². The zero-order valence-corrected chi connectivity index (χ0v) is 18.2. The van der Waals surface area contributed by atoms with E-state index in [0.29, 0.717) is 11.3 Å². The smallest absolute Gasteiger partial charge is 0.272 e. The lowest BCUT2D eigenvalue weighted by molar-refractivity contribution is -0.384. The molecule has 170 valence electrons. The van der Waals surface area contributed by atoms with Crippen molar-refractivity contribution in [3.05, 3.63) is 87.7 Å². The molecule has 2 amide bonds. The number of non-ortho nitro benzene ring substituents is 1. The number of nitro groups is 1. The molecule has 0 radical (unpaired) electrons. The molecule has 0 unspecified atom stereocenters. The van der Waals surface area contributed by atoms with E-state index >= 15 is 0 Å². The van der Waals surface area contributed by atoms with Crippen LogP contribution in [0.4, 0.5) is 5.69 Å².